The van der Waals surface area contributed by atoms with E-state index in [-0.39, 0.29) is 42.2 Å². The number of hydrogen-bond donors (Lipinski definition) is 1. The number of unbranched alkanes of at least 4 members (excludes halogenated alkanes) is 1. The molecule has 0 unspecified atom stereocenters. The number of hydroxylamine groups is 1. The number of nitro benzene ring substituents is 1. The molecule has 0 atom stereocenters. The summed E-state index contributed by atoms with van der Waals surface area (Å²) in [6, 6.07) is 13.9. The van der Waals surface area contributed by atoms with E-state index in [4.69, 9.17) is 9.57 Å². The zero-order valence-corrected chi connectivity index (χ0v) is 18.6. The standard InChI is InChI=1S/C24H28N2O6/c1-4-6-12-22(27)20(23(25-31-3)24(28)32-5-2)15-17-13-14-19(21(16-17)26(29)30)18-10-8-7-9-11-18/h7-11,13-14,16,25H,4-6,12,15H2,1-3H3. The summed E-state index contributed by atoms with van der Waals surface area (Å²) in [5.74, 6) is -0.959. The first-order valence-corrected chi connectivity index (χ1v) is 10.5. The van der Waals surface area contributed by atoms with Crippen LogP contribution in [0.1, 0.15) is 38.7 Å². The molecular weight excluding hydrogens is 412 g/mol. The van der Waals surface area contributed by atoms with Crippen molar-refractivity contribution in [2.24, 2.45) is 0 Å². The Bertz CT molecular complexity index is 985. The van der Waals surface area contributed by atoms with Crippen molar-refractivity contribution in [3.05, 3.63) is 75.5 Å². The summed E-state index contributed by atoms with van der Waals surface area (Å²) < 4.78 is 5.07. The first-order chi connectivity index (χ1) is 15.4. The van der Waals surface area contributed by atoms with Gasteiger partial charge in [0.1, 0.15) is 0 Å². The quantitative estimate of drug-likeness (QED) is 0.223. The van der Waals surface area contributed by atoms with Gasteiger partial charge in [0.05, 0.1) is 24.2 Å². The number of nitrogens with one attached hydrogen (secondary N) is 1. The van der Waals surface area contributed by atoms with Crippen LogP contribution in [0.3, 0.4) is 0 Å². The first kappa shape index (κ1) is 24.7. The van der Waals surface area contributed by atoms with Gasteiger partial charge in [0.2, 0.25) is 0 Å². The molecule has 0 spiro atoms. The highest BCUT2D eigenvalue weighted by atomic mass is 16.6. The number of benzene rings is 2. The van der Waals surface area contributed by atoms with Crippen molar-refractivity contribution in [2.75, 3.05) is 13.7 Å². The fraction of sp³-hybridized carbons (Fsp3) is 0.333. The Morgan fingerprint density at radius 2 is 1.81 bits per heavy atom. The monoisotopic (exact) mass is 440 g/mol. The van der Waals surface area contributed by atoms with Gasteiger partial charge >= 0.3 is 5.97 Å². The maximum Gasteiger partial charge on any atom is 0.357 e. The van der Waals surface area contributed by atoms with Crippen LogP contribution in [0, 0.1) is 10.1 Å². The average Bonchev–Trinajstić information content (AvgIpc) is 2.80. The van der Waals surface area contributed by atoms with E-state index in [9.17, 15) is 19.7 Å². The van der Waals surface area contributed by atoms with Gasteiger partial charge in [0.15, 0.2) is 11.5 Å². The molecule has 0 aliphatic rings. The minimum Gasteiger partial charge on any atom is -0.461 e. The van der Waals surface area contributed by atoms with Gasteiger partial charge in [-0.15, -0.1) is 0 Å². The number of hydrogen-bond acceptors (Lipinski definition) is 7. The SMILES string of the molecule is CCCCC(=O)C(Cc1ccc(-c2ccccc2)c([N+](=O)[O-])c1)=C(NOC)C(=O)OCC. The molecule has 0 saturated heterocycles. The van der Waals surface area contributed by atoms with E-state index < -0.39 is 10.9 Å². The molecule has 0 saturated carbocycles. The highest BCUT2D eigenvalue weighted by Gasteiger charge is 2.24. The number of nitrogens with zero attached hydrogens (tertiary/aromatic N) is 1. The van der Waals surface area contributed by atoms with Crippen molar-refractivity contribution < 1.29 is 24.1 Å². The largest absolute Gasteiger partial charge is 0.461 e. The summed E-state index contributed by atoms with van der Waals surface area (Å²) in [7, 11) is 1.33. The summed E-state index contributed by atoms with van der Waals surface area (Å²) in [4.78, 5) is 41.6. The van der Waals surface area contributed by atoms with Crippen molar-refractivity contribution in [1.29, 1.82) is 0 Å². The highest BCUT2D eigenvalue weighted by Crippen LogP contribution is 2.31. The smallest absolute Gasteiger partial charge is 0.357 e. The normalized spacial score (nSPS) is 11.5. The van der Waals surface area contributed by atoms with E-state index in [1.54, 1.807) is 31.2 Å². The Morgan fingerprint density at radius 3 is 2.41 bits per heavy atom. The zero-order valence-electron chi connectivity index (χ0n) is 18.6. The summed E-state index contributed by atoms with van der Waals surface area (Å²) in [5.41, 5.74) is 4.18. The van der Waals surface area contributed by atoms with Gasteiger partial charge in [-0.1, -0.05) is 49.7 Å². The minimum atomic E-state index is -0.718. The number of esters is 1. The van der Waals surface area contributed by atoms with Crippen LogP contribution in [0.25, 0.3) is 11.1 Å². The van der Waals surface area contributed by atoms with Gasteiger partial charge in [-0.05, 0) is 30.5 Å². The van der Waals surface area contributed by atoms with Crippen LogP contribution < -0.4 is 5.48 Å². The van der Waals surface area contributed by atoms with Crippen molar-refractivity contribution in [3.8, 4) is 11.1 Å². The van der Waals surface area contributed by atoms with Crippen LogP contribution in [0.15, 0.2) is 59.8 Å². The van der Waals surface area contributed by atoms with E-state index in [0.717, 1.165) is 6.42 Å². The van der Waals surface area contributed by atoms with Crippen LogP contribution in [0.5, 0.6) is 0 Å². The molecule has 0 fully saturated rings. The van der Waals surface area contributed by atoms with Gasteiger partial charge in [0, 0.05) is 24.5 Å². The molecule has 0 aliphatic carbocycles. The van der Waals surface area contributed by atoms with Gasteiger partial charge in [-0.2, -0.15) is 0 Å². The molecule has 1 N–H and O–H groups in total. The molecule has 0 aromatic heterocycles. The number of carbonyl (C=O) groups is 2. The van der Waals surface area contributed by atoms with E-state index in [2.05, 4.69) is 5.48 Å². The van der Waals surface area contributed by atoms with Crippen LogP contribution in [-0.4, -0.2) is 30.4 Å². The number of rotatable bonds is 12. The molecule has 0 heterocycles. The summed E-state index contributed by atoms with van der Waals surface area (Å²) in [6.07, 6.45) is 1.72. The van der Waals surface area contributed by atoms with Gasteiger partial charge in [0.25, 0.3) is 5.69 Å². The molecule has 0 amide bonds. The second-order valence-electron chi connectivity index (χ2n) is 7.06. The lowest BCUT2D eigenvalue weighted by molar-refractivity contribution is -0.384. The summed E-state index contributed by atoms with van der Waals surface area (Å²) >= 11 is 0. The molecular formula is C24H28N2O6. The van der Waals surface area contributed by atoms with Crippen molar-refractivity contribution >= 4 is 17.4 Å². The van der Waals surface area contributed by atoms with Crippen LogP contribution in [0.2, 0.25) is 0 Å². The lowest BCUT2D eigenvalue weighted by Gasteiger charge is -2.15. The number of carbonyl (C=O) groups excluding carboxylic acids is 2. The molecule has 0 aliphatic heterocycles. The van der Waals surface area contributed by atoms with Crippen molar-refractivity contribution in [2.45, 2.75) is 39.5 Å². The Hall–Kier alpha value is -3.52. The van der Waals surface area contributed by atoms with Gasteiger partial charge in [-0.25, -0.2) is 4.79 Å². The molecule has 8 nitrogen and oxygen atoms in total. The van der Waals surface area contributed by atoms with Crippen LogP contribution in [-0.2, 0) is 25.6 Å². The third-order valence-electron chi connectivity index (χ3n) is 4.80. The molecule has 170 valence electrons. The Kier molecular flexibility index (Phi) is 9.56. The van der Waals surface area contributed by atoms with Gasteiger partial charge in [-0.3, -0.25) is 25.2 Å². The fourth-order valence-electron chi connectivity index (χ4n) is 3.25. The maximum absolute atomic E-state index is 12.9. The fourth-order valence-corrected chi connectivity index (χ4v) is 3.25. The zero-order chi connectivity index (χ0) is 23.5. The topological polar surface area (TPSA) is 108 Å². The Labute approximate surface area is 187 Å². The molecule has 2 aromatic carbocycles. The third-order valence-corrected chi connectivity index (χ3v) is 4.80. The number of ether oxygens (including phenoxy) is 1. The van der Waals surface area contributed by atoms with Crippen molar-refractivity contribution in [1.82, 2.24) is 5.48 Å². The summed E-state index contributed by atoms with van der Waals surface area (Å²) in [5, 5.41) is 11.8. The second kappa shape index (κ2) is 12.4. The lowest BCUT2D eigenvalue weighted by atomic mass is 9.94. The second-order valence-corrected chi connectivity index (χ2v) is 7.06. The molecule has 32 heavy (non-hydrogen) atoms. The Balaban J connectivity index is 2.53. The lowest BCUT2D eigenvalue weighted by Crippen LogP contribution is -2.27. The van der Waals surface area contributed by atoms with E-state index in [1.165, 1.54) is 13.2 Å². The average molecular weight is 440 g/mol. The summed E-state index contributed by atoms with van der Waals surface area (Å²) in [6.45, 7) is 3.75. The van der Waals surface area contributed by atoms with Crippen LogP contribution in [0.4, 0.5) is 5.69 Å². The number of nitro groups is 1. The Morgan fingerprint density at radius 1 is 1.09 bits per heavy atom. The molecule has 2 rings (SSSR count). The predicted molar refractivity (Wildman–Crippen MR) is 121 cm³/mol. The molecule has 2 aromatic rings. The highest BCUT2D eigenvalue weighted by molar-refractivity contribution is 6.03. The van der Waals surface area contributed by atoms with E-state index >= 15 is 0 Å². The van der Waals surface area contributed by atoms with E-state index in [1.807, 2.05) is 25.1 Å². The van der Waals surface area contributed by atoms with Crippen LogP contribution >= 0.6 is 0 Å². The van der Waals surface area contributed by atoms with Crippen molar-refractivity contribution in [3.63, 3.8) is 0 Å². The number of Topliss-reactive ketones (excluding diaryl/α,β-unsaturated/α-hetero) is 1. The third kappa shape index (κ3) is 6.49. The maximum atomic E-state index is 12.9. The molecule has 0 radical (unpaired) electrons. The molecule has 0 bridgehead atoms. The van der Waals surface area contributed by atoms with E-state index in [0.29, 0.717) is 23.1 Å². The number of allylic oxidation sites excluding steroid dienone is 1. The minimum absolute atomic E-state index is 0.0168. The molecule has 8 heteroatoms. The first-order valence-electron chi connectivity index (χ1n) is 10.5. The predicted octanol–water partition coefficient (Wildman–Crippen LogP) is 4.53. The van der Waals surface area contributed by atoms with Gasteiger partial charge < -0.3 is 4.74 Å². The number of ketones is 1.